The van der Waals surface area contributed by atoms with Crippen LogP contribution < -0.4 is 21.7 Å². The van der Waals surface area contributed by atoms with E-state index >= 15 is 0 Å². The molecule has 6 heteroatoms. The molecular formula is C23H30N4O2. The van der Waals surface area contributed by atoms with Crippen LogP contribution >= 0.6 is 0 Å². The zero-order valence-corrected chi connectivity index (χ0v) is 17.0. The van der Waals surface area contributed by atoms with E-state index < -0.39 is 0 Å². The Labute approximate surface area is 172 Å². The SMILES string of the molecule is Cc1ccc(NC(=O)Nc2ccccc2)cc1NC(=O)CC1(CN)CCCCC1. The van der Waals surface area contributed by atoms with Gasteiger partial charge in [-0.2, -0.15) is 0 Å². The Kier molecular flexibility index (Phi) is 6.88. The standard InChI is InChI=1S/C23H30N4O2/c1-17-10-11-19(26-22(29)25-18-8-4-2-5-9-18)14-20(17)27-21(28)15-23(16-24)12-6-3-7-13-23/h2,4-5,8-11,14H,3,6-7,12-13,15-16,24H2,1H3,(H,27,28)(H2,25,26,29). The Bertz CT molecular complexity index is 845. The summed E-state index contributed by atoms with van der Waals surface area (Å²) in [6.45, 7) is 2.48. The first kappa shape index (κ1) is 20.9. The van der Waals surface area contributed by atoms with E-state index in [1.807, 2.05) is 49.4 Å². The van der Waals surface area contributed by atoms with Crippen molar-refractivity contribution in [3.63, 3.8) is 0 Å². The predicted octanol–water partition coefficient (Wildman–Crippen LogP) is 4.88. The molecule has 29 heavy (non-hydrogen) atoms. The fraction of sp³-hybridized carbons (Fsp3) is 0.391. The lowest BCUT2D eigenvalue weighted by molar-refractivity contribution is -0.118. The normalized spacial score (nSPS) is 15.4. The fourth-order valence-electron chi connectivity index (χ4n) is 3.94. The first-order valence-electron chi connectivity index (χ1n) is 10.2. The van der Waals surface area contributed by atoms with E-state index in [9.17, 15) is 9.59 Å². The topological polar surface area (TPSA) is 96.2 Å². The second-order valence-corrected chi connectivity index (χ2v) is 7.96. The molecule has 0 aliphatic heterocycles. The highest BCUT2D eigenvalue weighted by Crippen LogP contribution is 2.38. The lowest BCUT2D eigenvalue weighted by Crippen LogP contribution is -2.36. The summed E-state index contributed by atoms with van der Waals surface area (Å²) in [4.78, 5) is 24.9. The van der Waals surface area contributed by atoms with Crippen molar-refractivity contribution in [2.24, 2.45) is 11.1 Å². The van der Waals surface area contributed by atoms with Gasteiger partial charge < -0.3 is 21.7 Å². The molecular weight excluding hydrogens is 364 g/mol. The Morgan fingerprint density at radius 1 is 0.931 bits per heavy atom. The van der Waals surface area contributed by atoms with Crippen molar-refractivity contribution < 1.29 is 9.59 Å². The minimum absolute atomic E-state index is 0.0219. The van der Waals surface area contributed by atoms with Gasteiger partial charge in [-0.15, -0.1) is 0 Å². The molecule has 1 aliphatic carbocycles. The highest BCUT2D eigenvalue weighted by molar-refractivity contribution is 6.00. The Morgan fingerprint density at radius 2 is 1.62 bits per heavy atom. The molecule has 5 N–H and O–H groups in total. The number of aryl methyl sites for hydroxylation is 1. The van der Waals surface area contributed by atoms with Crippen LogP contribution in [0.2, 0.25) is 0 Å². The lowest BCUT2D eigenvalue weighted by Gasteiger charge is -2.35. The molecule has 0 aromatic heterocycles. The highest BCUT2D eigenvalue weighted by atomic mass is 16.2. The molecule has 0 atom stereocenters. The summed E-state index contributed by atoms with van der Waals surface area (Å²) < 4.78 is 0. The van der Waals surface area contributed by atoms with Crippen LogP contribution in [0.4, 0.5) is 21.9 Å². The van der Waals surface area contributed by atoms with Gasteiger partial charge in [-0.25, -0.2) is 4.79 Å². The van der Waals surface area contributed by atoms with Crippen LogP contribution in [0.25, 0.3) is 0 Å². The predicted molar refractivity (Wildman–Crippen MR) is 118 cm³/mol. The van der Waals surface area contributed by atoms with Gasteiger partial charge in [-0.3, -0.25) is 4.79 Å². The van der Waals surface area contributed by atoms with Crippen molar-refractivity contribution in [3.05, 3.63) is 54.1 Å². The maximum Gasteiger partial charge on any atom is 0.323 e. The van der Waals surface area contributed by atoms with E-state index in [1.165, 1.54) is 6.42 Å². The molecule has 154 valence electrons. The summed E-state index contributed by atoms with van der Waals surface area (Å²) in [7, 11) is 0. The third-order valence-electron chi connectivity index (χ3n) is 5.68. The molecule has 3 rings (SSSR count). The van der Waals surface area contributed by atoms with Crippen molar-refractivity contribution in [1.82, 2.24) is 0 Å². The first-order chi connectivity index (χ1) is 14.0. The summed E-state index contributed by atoms with van der Waals surface area (Å²) >= 11 is 0. The van der Waals surface area contributed by atoms with E-state index in [4.69, 9.17) is 5.73 Å². The molecule has 1 aliphatic rings. The van der Waals surface area contributed by atoms with Gasteiger partial charge >= 0.3 is 6.03 Å². The van der Waals surface area contributed by atoms with Gasteiger partial charge in [0.05, 0.1) is 0 Å². The third-order valence-corrected chi connectivity index (χ3v) is 5.68. The van der Waals surface area contributed by atoms with Crippen LogP contribution in [0.1, 0.15) is 44.1 Å². The monoisotopic (exact) mass is 394 g/mol. The van der Waals surface area contributed by atoms with Gasteiger partial charge in [0.2, 0.25) is 5.91 Å². The molecule has 0 spiro atoms. The van der Waals surface area contributed by atoms with Crippen LogP contribution in [0, 0.1) is 12.3 Å². The van der Waals surface area contributed by atoms with Crippen molar-refractivity contribution in [3.8, 4) is 0 Å². The van der Waals surface area contributed by atoms with Crippen molar-refractivity contribution in [2.75, 3.05) is 22.5 Å². The number of carbonyl (C=O) groups excluding carboxylic acids is 2. The molecule has 3 amide bonds. The van der Waals surface area contributed by atoms with Gasteiger partial charge in [0.15, 0.2) is 0 Å². The summed E-state index contributed by atoms with van der Waals surface area (Å²) in [5, 5.41) is 8.60. The number of hydrogen-bond acceptors (Lipinski definition) is 3. The fourth-order valence-corrected chi connectivity index (χ4v) is 3.94. The number of anilines is 3. The third kappa shape index (κ3) is 5.81. The molecule has 0 unspecified atom stereocenters. The molecule has 0 radical (unpaired) electrons. The van der Waals surface area contributed by atoms with Gasteiger partial charge in [0.25, 0.3) is 0 Å². The van der Waals surface area contributed by atoms with Crippen molar-refractivity contribution in [1.29, 1.82) is 0 Å². The van der Waals surface area contributed by atoms with Gasteiger partial charge in [-0.1, -0.05) is 43.5 Å². The Morgan fingerprint density at radius 3 is 2.31 bits per heavy atom. The number of para-hydroxylation sites is 1. The Hall–Kier alpha value is -2.86. The number of nitrogens with two attached hydrogens (primary N) is 1. The van der Waals surface area contributed by atoms with Crippen molar-refractivity contribution >= 4 is 29.0 Å². The van der Waals surface area contributed by atoms with Crippen LogP contribution in [-0.2, 0) is 4.79 Å². The molecule has 2 aromatic carbocycles. The molecule has 6 nitrogen and oxygen atoms in total. The van der Waals surface area contributed by atoms with Crippen LogP contribution in [-0.4, -0.2) is 18.5 Å². The Balaban J connectivity index is 1.62. The zero-order chi connectivity index (χ0) is 20.7. The number of carbonyl (C=O) groups is 2. The average Bonchev–Trinajstić information content (AvgIpc) is 2.72. The number of urea groups is 1. The molecule has 2 aromatic rings. The molecule has 0 bridgehead atoms. The van der Waals surface area contributed by atoms with Crippen LogP contribution in [0.15, 0.2) is 48.5 Å². The quantitative estimate of drug-likeness (QED) is 0.562. The molecule has 1 saturated carbocycles. The molecule has 0 saturated heterocycles. The van der Waals surface area contributed by atoms with Gasteiger partial charge in [0, 0.05) is 23.5 Å². The van der Waals surface area contributed by atoms with E-state index in [1.54, 1.807) is 6.07 Å². The van der Waals surface area contributed by atoms with Gasteiger partial charge in [0.1, 0.15) is 0 Å². The van der Waals surface area contributed by atoms with E-state index in [2.05, 4.69) is 16.0 Å². The molecule has 0 heterocycles. The second-order valence-electron chi connectivity index (χ2n) is 7.96. The number of nitrogens with one attached hydrogen (secondary N) is 3. The maximum atomic E-state index is 12.7. The van der Waals surface area contributed by atoms with Crippen LogP contribution in [0.3, 0.4) is 0 Å². The number of hydrogen-bond donors (Lipinski definition) is 4. The van der Waals surface area contributed by atoms with E-state index in [-0.39, 0.29) is 17.4 Å². The second kappa shape index (κ2) is 9.56. The summed E-state index contributed by atoms with van der Waals surface area (Å²) in [6, 6.07) is 14.4. The summed E-state index contributed by atoms with van der Waals surface area (Å²) in [5.41, 5.74) is 8.91. The minimum atomic E-state index is -0.332. The molecule has 1 fully saturated rings. The van der Waals surface area contributed by atoms with E-state index in [0.29, 0.717) is 30.0 Å². The number of rotatable bonds is 6. The lowest BCUT2D eigenvalue weighted by atomic mass is 9.71. The smallest absolute Gasteiger partial charge is 0.323 e. The van der Waals surface area contributed by atoms with Gasteiger partial charge in [-0.05, 0) is 61.6 Å². The zero-order valence-electron chi connectivity index (χ0n) is 17.0. The van der Waals surface area contributed by atoms with E-state index in [0.717, 1.165) is 31.2 Å². The number of amides is 3. The van der Waals surface area contributed by atoms with Crippen molar-refractivity contribution in [2.45, 2.75) is 45.4 Å². The maximum absolute atomic E-state index is 12.7. The summed E-state index contributed by atoms with van der Waals surface area (Å²) in [5.74, 6) is -0.0219. The average molecular weight is 395 g/mol. The first-order valence-corrected chi connectivity index (χ1v) is 10.2. The summed E-state index contributed by atoms with van der Waals surface area (Å²) in [6.07, 6.45) is 5.96. The van der Waals surface area contributed by atoms with Crippen LogP contribution in [0.5, 0.6) is 0 Å². The largest absolute Gasteiger partial charge is 0.330 e. The highest BCUT2D eigenvalue weighted by Gasteiger charge is 2.33. The number of benzene rings is 2. The minimum Gasteiger partial charge on any atom is -0.330 e.